The summed E-state index contributed by atoms with van der Waals surface area (Å²) in [6.07, 6.45) is 8.46. The van der Waals surface area contributed by atoms with Crippen LogP contribution in [0.4, 0.5) is 0 Å². The van der Waals surface area contributed by atoms with Gasteiger partial charge in [-0.25, -0.2) is 0 Å². The fraction of sp³-hybridized carbons (Fsp3) is 0.636. The molecule has 0 aliphatic rings. The van der Waals surface area contributed by atoms with E-state index in [1.807, 2.05) is 0 Å². The van der Waals surface area contributed by atoms with Gasteiger partial charge in [0.25, 0.3) is 0 Å². The van der Waals surface area contributed by atoms with Crippen LogP contribution in [0.2, 0.25) is 10.0 Å². The van der Waals surface area contributed by atoms with E-state index in [4.69, 9.17) is 32.7 Å². The molecule has 1 aromatic carbocycles. The minimum absolute atomic E-state index is 0.0713. The van der Waals surface area contributed by atoms with Crippen molar-refractivity contribution < 1.29 is 19.1 Å². The van der Waals surface area contributed by atoms with E-state index in [0.29, 0.717) is 6.61 Å². The maximum Gasteiger partial charge on any atom is 0.328 e. The summed E-state index contributed by atoms with van der Waals surface area (Å²) in [5.41, 5.74) is -1.36. The van der Waals surface area contributed by atoms with Gasteiger partial charge in [0.15, 0.2) is 11.2 Å². The van der Waals surface area contributed by atoms with Crippen molar-refractivity contribution in [2.45, 2.75) is 78.6 Å². The first-order valence-electron chi connectivity index (χ1n) is 10.3. The number of esters is 2. The number of carbonyl (C=O) groups excluding carboxylic acids is 2. The van der Waals surface area contributed by atoms with E-state index in [0.717, 1.165) is 19.3 Å². The van der Waals surface area contributed by atoms with Crippen LogP contribution in [-0.2, 0) is 14.3 Å². The number of ether oxygens (including phenoxy) is 2. The summed E-state index contributed by atoms with van der Waals surface area (Å²) < 4.78 is 10.9. The molecule has 0 aliphatic heterocycles. The van der Waals surface area contributed by atoms with Crippen molar-refractivity contribution >= 4 is 35.1 Å². The topological polar surface area (TPSA) is 52.6 Å². The first-order chi connectivity index (χ1) is 13.4. The second kappa shape index (κ2) is 13.1. The van der Waals surface area contributed by atoms with Crippen molar-refractivity contribution in [3.05, 3.63) is 28.2 Å². The van der Waals surface area contributed by atoms with Crippen molar-refractivity contribution in [1.29, 1.82) is 0 Å². The molecule has 6 heteroatoms. The van der Waals surface area contributed by atoms with Gasteiger partial charge in [0.05, 0.1) is 16.7 Å². The number of unbranched alkanes of at least 4 members (excludes halogenated alkanes) is 6. The fourth-order valence-corrected chi connectivity index (χ4v) is 3.52. The number of hydrogen-bond acceptors (Lipinski definition) is 4. The largest absolute Gasteiger partial charge is 0.465 e. The lowest BCUT2D eigenvalue weighted by molar-refractivity contribution is -0.168. The van der Waals surface area contributed by atoms with Crippen LogP contribution in [0.3, 0.4) is 0 Å². The highest BCUT2D eigenvalue weighted by Gasteiger charge is 2.46. The summed E-state index contributed by atoms with van der Waals surface area (Å²) >= 11 is 12.2. The second-order valence-corrected chi connectivity index (χ2v) is 7.80. The highest BCUT2D eigenvalue weighted by atomic mass is 35.5. The molecule has 0 unspecified atom stereocenters. The Morgan fingerprint density at radius 3 is 1.93 bits per heavy atom. The summed E-state index contributed by atoms with van der Waals surface area (Å²) in [7, 11) is 0. The summed E-state index contributed by atoms with van der Waals surface area (Å²) in [6.45, 7) is 6.05. The lowest BCUT2D eigenvalue weighted by Gasteiger charge is -2.27. The Morgan fingerprint density at radius 2 is 1.39 bits per heavy atom. The molecule has 0 heterocycles. The molecule has 0 fully saturated rings. The van der Waals surface area contributed by atoms with Gasteiger partial charge in [0.2, 0.25) is 0 Å². The zero-order valence-electron chi connectivity index (χ0n) is 17.2. The molecular formula is C22H32Cl2O4. The Hall–Kier alpha value is -1.26. The quantitative estimate of drug-likeness (QED) is 0.146. The van der Waals surface area contributed by atoms with Gasteiger partial charge in [-0.1, -0.05) is 88.6 Å². The third kappa shape index (κ3) is 6.97. The lowest BCUT2D eigenvalue weighted by atomic mass is 9.82. The second-order valence-electron chi connectivity index (χ2n) is 6.99. The smallest absolute Gasteiger partial charge is 0.328 e. The Balaban J connectivity index is 2.63. The predicted molar refractivity (Wildman–Crippen MR) is 114 cm³/mol. The van der Waals surface area contributed by atoms with Crippen LogP contribution < -0.4 is 4.74 Å². The van der Waals surface area contributed by atoms with Crippen LogP contribution >= 0.6 is 23.2 Å². The molecular weight excluding hydrogens is 399 g/mol. The average Bonchev–Trinajstić information content (AvgIpc) is 2.68. The molecule has 4 nitrogen and oxygen atoms in total. The van der Waals surface area contributed by atoms with Gasteiger partial charge in [0.1, 0.15) is 0 Å². The molecule has 1 rings (SSSR count). The molecule has 0 bridgehead atoms. The molecule has 0 saturated heterocycles. The monoisotopic (exact) mass is 430 g/mol. The van der Waals surface area contributed by atoms with E-state index in [9.17, 15) is 9.59 Å². The highest BCUT2D eigenvalue weighted by Crippen LogP contribution is 2.36. The minimum Gasteiger partial charge on any atom is -0.465 e. The molecule has 158 valence electrons. The number of benzene rings is 1. The fourth-order valence-electron chi connectivity index (χ4n) is 3.04. The van der Waals surface area contributed by atoms with E-state index in [2.05, 4.69) is 6.92 Å². The molecule has 0 radical (unpaired) electrons. The molecule has 0 aliphatic carbocycles. The van der Waals surface area contributed by atoms with Gasteiger partial charge in [-0.15, -0.1) is 0 Å². The molecule has 0 saturated carbocycles. The molecule has 0 aromatic heterocycles. The van der Waals surface area contributed by atoms with Gasteiger partial charge in [-0.3, -0.25) is 9.59 Å². The summed E-state index contributed by atoms with van der Waals surface area (Å²) in [5.74, 6) is -1.16. The van der Waals surface area contributed by atoms with Crippen molar-refractivity contribution in [1.82, 2.24) is 0 Å². The summed E-state index contributed by atoms with van der Waals surface area (Å²) in [4.78, 5) is 25.6. The van der Waals surface area contributed by atoms with Crippen LogP contribution in [0.25, 0.3) is 0 Å². The number of carbonyl (C=O) groups is 2. The normalized spacial score (nSPS) is 11.3. The van der Waals surface area contributed by atoms with E-state index in [1.165, 1.54) is 25.7 Å². The molecule has 0 amide bonds. The zero-order valence-corrected chi connectivity index (χ0v) is 18.7. The van der Waals surface area contributed by atoms with Gasteiger partial charge >= 0.3 is 11.9 Å². The van der Waals surface area contributed by atoms with Gasteiger partial charge in [0, 0.05) is 0 Å². The third-order valence-corrected chi connectivity index (χ3v) is 5.68. The van der Waals surface area contributed by atoms with E-state index >= 15 is 0 Å². The van der Waals surface area contributed by atoms with E-state index in [1.54, 1.807) is 32.0 Å². The average molecular weight is 431 g/mol. The Morgan fingerprint density at radius 1 is 0.857 bits per heavy atom. The first kappa shape index (κ1) is 24.8. The molecule has 0 atom stereocenters. The van der Waals surface area contributed by atoms with Crippen LogP contribution in [0.1, 0.15) is 78.6 Å². The Labute approximate surface area is 178 Å². The highest BCUT2D eigenvalue weighted by molar-refractivity contribution is 6.37. The van der Waals surface area contributed by atoms with Crippen LogP contribution in [0, 0.1) is 5.41 Å². The summed E-state index contributed by atoms with van der Waals surface area (Å²) in [6, 6.07) is 4.81. The SMILES string of the molecule is CCCCCCCCCOC(=O)C(CC)(CC)C(=O)Oc1c(Cl)cccc1Cl. The number of para-hydroxylation sites is 1. The first-order valence-corrected chi connectivity index (χ1v) is 11.0. The zero-order chi connectivity index (χ0) is 21.0. The van der Waals surface area contributed by atoms with Crippen LogP contribution in [-0.4, -0.2) is 18.5 Å². The number of rotatable bonds is 13. The van der Waals surface area contributed by atoms with Crippen LogP contribution in [0.5, 0.6) is 5.75 Å². The minimum atomic E-state index is -1.36. The summed E-state index contributed by atoms with van der Waals surface area (Å²) in [5, 5.41) is 0.441. The van der Waals surface area contributed by atoms with Crippen molar-refractivity contribution in [2.24, 2.45) is 5.41 Å². The third-order valence-electron chi connectivity index (χ3n) is 5.08. The van der Waals surface area contributed by atoms with Gasteiger partial charge in [-0.05, 0) is 31.4 Å². The van der Waals surface area contributed by atoms with Gasteiger partial charge in [-0.2, -0.15) is 0 Å². The molecule has 1 aromatic rings. The van der Waals surface area contributed by atoms with Crippen LogP contribution in [0.15, 0.2) is 18.2 Å². The lowest BCUT2D eigenvalue weighted by Crippen LogP contribution is -2.42. The predicted octanol–water partition coefficient (Wildman–Crippen LogP) is 7.00. The van der Waals surface area contributed by atoms with Crippen molar-refractivity contribution in [2.75, 3.05) is 6.61 Å². The van der Waals surface area contributed by atoms with Crippen molar-refractivity contribution in [3.8, 4) is 5.75 Å². The van der Waals surface area contributed by atoms with Gasteiger partial charge < -0.3 is 9.47 Å². The maximum atomic E-state index is 12.8. The van der Waals surface area contributed by atoms with E-state index < -0.39 is 17.4 Å². The number of hydrogen-bond donors (Lipinski definition) is 0. The molecule has 0 N–H and O–H groups in total. The standard InChI is InChI=1S/C22H32Cl2O4/c1-4-7-8-9-10-11-12-16-27-20(25)22(5-2,6-3)21(26)28-19-17(23)14-13-15-18(19)24/h13-15H,4-12,16H2,1-3H3. The molecule has 28 heavy (non-hydrogen) atoms. The maximum absolute atomic E-state index is 12.8. The Bertz CT molecular complexity index is 607. The number of halogens is 2. The van der Waals surface area contributed by atoms with E-state index in [-0.39, 0.29) is 28.6 Å². The molecule has 0 spiro atoms. The van der Waals surface area contributed by atoms with Crippen molar-refractivity contribution in [3.63, 3.8) is 0 Å². The Kier molecular flexibility index (Phi) is 11.6.